The first kappa shape index (κ1) is 12.0. The number of nitrogens with one attached hydrogen (secondary N) is 1. The number of fused-ring (bicyclic) bond motifs is 1. The lowest BCUT2D eigenvalue weighted by atomic mass is 10.0. The highest BCUT2D eigenvalue weighted by Crippen LogP contribution is 2.29. The number of nitrogens with zero attached hydrogens (tertiary/aromatic N) is 1. The fourth-order valence-corrected chi connectivity index (χ4v) is 3.10. The summed E-state index contributed by atoms with van der Waals surface area (Å²) in [5.74, 6) is 1.32. The van der Waals surface area contributed by atoms with Crippen LogP contribution in [0, 0.1) is 11.8 Å². The van der Waals surface area contributed by atoms with Gasteiger partial charge in [-0.1, -0.05) is 0 Å². The van der Waals surface area contributed by atoms with Gasteiger partial charge < -0.3 is 15.3 Å². The minimum atomic E-state index is 0.0206. The molecule has 0 saturated carbocycles. The minimum Gasteiger partial charge on any atom is -0.507 e. The second kappa shape index (κ2) is 4.55. The minimum absolute atomic E-state index is 0.0206. The number of halogens is 1. The van der Waals surface area contributed by atoms with Crippen LogP contribution < -0.4 is 5.32 Å². The summed E-state index contributed by atoms with van der Waals surface area (Å²) in [5.41, 5.74) is 0.559. The van der Waals surface area contributed by atoms with Crippen molar-refractivity contribution in [2.45, 2.75) is 0 Å². The van der Waals surface area contributed by atoms with Crippen molar-refractivity contribution in [2.75, 3.05) is 26.2 Å². The molecular weight excluding hydrogens is 296 g/mol. The van der Waals surface area contributed by atoms with E-state index in [0.717, 1.165) is 26.2 Å². The first-order chi connectivity index (χ1) is 8.65. The molecule has 2 N–H and O–H groups in total. The number of rotatable bonds is 1. The molecule has 4 nitrogen and oxygen atoms in total. The van der Waals surface area contributed by atoms with Crippen LogP contribution in [-0.2, 0) is 0 Å². The zero-order valence-corrected chi connectivity index (χ0v) is 11.5. The maximum Gasteiger partial charge on any atom is 0.254 e. The van der Waals surface area contributed by atoms with Crippen molar-refractivity contribution < 1.29 is 9.90 Å². The molecule has 0 radical (unpaired) electrons. The van der Waals surface area contributed by atoms with E-state index in [1.165, 1.54) is 6.07 Å². The molecule has 2 heterocycles. The van der Waals surface area contributed by atoms with Crippen molar-refractivity contribution in [1.82, 2.24) is 10.2 Å². The molecule has 2 aliphatic rings. The highest BCUT2D eigenvalue weighted by Gasteiger charge is 2.38. The van der Waals surface area contributed by atoms with E-state index in [0.29, 0.717) is 21.9 Å². The number of likely N-dealkylation sites (tertiary alicyclic amines) is 1. The van der Waals surface area contributed by atoms with Crippen LogP contribution in [0.3, 0.4) is 0 Å². The number of hydrogen-bond acceptors (Lipinski definition) is 3. The highest BCUT2D eigenvalue weighted by atomic mass is 79.9. The largest absolute Gasteiger partial charge is 0.507 e. The van der Waals surface area contributed by atoms with E-state index in [4.69, 9.17) is 0 Å². The van der Waals surface area contributed by atoms with Crippen LogP contribution >= 0.6 is 15.9 Å². The fraction of sp³-hybridized carbons (Fsp3) is 0.462. The summed E-state index contributed by atoms with van der Waals surface area (Å²) >= 11 is 3.22. The van der Waals surface area contributed by atoms with Crippen LogP contribution in [0.2, 0.25) is 0 Å². The Labute approximate surface area is 114 Å². The van der Waals surface area contributed by atoms with Gasteiger partial charge >= 0.3 is 0 Å². The molecule has 5 heteroatoms. The molecule has 2 aliphatic heterocycles. The lowest BCUT2D eigenvalue weighted by Gasteiger charge is -2.17. The normalized spacial score (nSPS) is 26.4. The lowest BCUT2D eigenvalue weighted by molar-refractivity contribution is 0.0781. The van der Waals surface area contributed by atoms with Crippen molar-refractivity contribution in [2.24, 2.45) is 11.8 Å². The van der Waals surface area contributed by atoms with Gasteiger partial charge in [-0.15, -0.1) is 0 Å². The second-order valence-corrected chi connectivity index (χ2v) is 5.91. The zero-order valence-electron chi connectivity index (χ0n) is 9.90. The lowest BCUT2D eigenvalue weighted by Crippen LogP contribution is -2.31. The van der Waals surface area contributed by atoms with Crippen molar-refractivity contribution in [3.05, 3.63) is 28.2 Å². The standard InChI is InChI=1S/C13H15BrN2O2/c14-11-2-1-8(3-12(11)17)13(18)16-6-9-4-15-5-10(9)7-16/h1-3,9-10,15,17H,4-7H2. The molecule has 0 bridgehead atoms. The molecule has 0 spiro atoms. The number of carbonyl (C=O) groups is 1. The number of carbonyl (C=O) groups excluding carboxylic acids is 1. The van der Waals surface area contributed by atoms with Crippen LogP contribution in [0.15, 0.2) is 22.7 Å². The monoisotopic (exact) mass is 310 g/mol. The Balaban J connectivity index is 1.77. The van der Waals surface area contributed by atoms with Crippen LogP contribution in [0.4, 0.5) is 0 Å². The van der Waals surface area contributed by atoms with Crippen molar-refractivity contribution in [1.29, 1.82) is 0 Å². The Bertz CT molecular complexity index is 480. The molecule has 2 unspecified atom stereocenters. The van der Waals surface area contributed by atoms with Crippen molar-refractivity contribution in [3.8, 4) is 5.75 Å². The molecule has 1 amide bonds. The molecule has 96 valence electrons. The van der Waals surface area contributed by atoms with Gasteiger partial charge in [0, 0.05) is 31.7 Å². The van der Waals surface area contributed by atoms with E-state index >= 15 is 0 Å². The molecule has 0 aromatic heterocycles. The van der Waals surface area contributed by atoms with Gasteiger partial charge in [-0.2, -0.15) is 0 Å². The quantitative estimate of drug-likeness (QED) is 0.825. The van der Waals surface area contributed by atoms with Gasteiger partial charge in [-0.05, 0) is 46.0 Å². The van der Waals surface area contributed by atoms with Crippen molar-refractivity contribution >= 4 is 21.8 Å². The van der Waals surface area contributed by atoms with Crippen LogP contribution in [-0.4, -0.2) is 42.1 Å². The van der Waals surface area contributed by atoms with Gasteiger partial charge in [0.2, 0.25) is 0 Å². The number of hydrogen-bond donors (Lipinski definition) is 2. The first-order valence-electron chi connectivity index (χ1n) is 6.13. The number of aromatic hydroxyl groups is 1. The third-order valence-electron chi connectivity index (χ3n) is 3.87. The molecule has 2 atom stereocenters. The van der Waals surface area contributed by atoms with E-state index in [2.05, 4.69) is 21.2 Å². The summed E-state index contributed by atoms with van der Waals surface area (Å²) in [5, 5.41) is 13.0. The molecule has 2 saturated heterocycles. The van der Waals surface area contributed by atoms with Gasteiger partial charge in [-0.25, -0.2) is 0 Å². The molecule has 3 rings (SSSR count). The summed E-state index contributed by atoms with van der Waals surface area (Å²) in [6.45, 7) is 3.68. The number of phenolic OH excluding ortho intramolecular Hbond substituents is 1. The van der Waals surface area contributed by atoms with Gasteiger partial charge in [0.1, 0.15) is 5.75 Å². The topological polar surface area (TPSA) is 52.6 Å². The molecule has 1 aromatic rings. The molecular formula is C13H15BrN2O2. The first-order valence-corrected chi connectivity index (χ1v) is 6.93. The zero-order chi connectivity index (χ0) is 12.7. The summed E-state index contributed by atoms with van der Waals surface area (Å²) in [6.07, 6.45) is 0. The van der Waals surface area contributed by atoms with E-state index in [1.54, 1.807) is 12.1 Å². The van der Waals surface area contributed by atoms with E-state index in [9.17, 15) is 9.90 Å². The molecule has 18 heavy (non-hydrogen) atoms. The van der Waals surface area contributed by atoms with E-state index in [1.807, 2.05) is 4.90 Å². The Morgan fingerprint density at radius 1 is 1.33 bits per heavy atom. The maximum absolute atomic E-state index is 12.3. The predicted molar refractivity (Wildman–Crippen MR) is 71.6 cm³/mol. The van der Waals surface area contributed by atoms with E-state index < -0.39 is 0 Å². The fourth-order valence-electron chi connectivity index (χ4n) is 2.85. The van der Waals surface area contributed by atoms with Crippen LogP contribution in [0.25, 0.3) is 0 Å². The SMILES string of the molecule is O=C(c1ccc(Br)c(O)c1)N1CC2CNCC2C1. The van der Waals surface area contributed by atoms with Crippen molar-refractivity contribution in [3.63, 3.8) is 0 Å². The highest BCUT2D eigenvalue weighted by molar-refractivity contribution is 9.10. The Hall–Kier alpha value is -1.07. The maximum atomic E-state index is 12.3. The second-order valence-electron chi connectivity index (χ2n) is 5.05. The summed E-state index contributed by atoms with van der Waals surface area (Å²) < 4.78 is 0.613. The summed E-state index contributed by atoms with van der Waals surface area (Å²) in [7, 11) is 0. The van der Waals surface area contributed by atoms with Gasteiger partial charge in [-0.3, -0.25) is 4.79 Å². The van der Waals surface area contributed by atoms with Crippen LogP contribution in [0.5, 0.6) is 5.75 Å². The number of benzene rings is 1. The smallest absolute Gasteiger partial charge is 0.254 e. The van der Waals surface area contributed by atoms with Gasteiger partial charge in [0.05, 0.1) is 4.47 Å². The molecule has 0 aliphatic carbocycles. The molecule has 1 aromatic carbocycles. The Kier molecular flexibility index (Phi) is 3.03. The van der Waals surface area contributed by atoms with Gasteiger partial charge in [0.25, 0.3) is 5.91 Å². The average molecular weight is 311 g/mol. The van der Waals surface area contributed by atoms with Crippen LogP contribution in [0.1, 0.15) is 10.4 Å². The summed E-state index contributed by atoms with van der Waals surface area (Å²) in [4.78, 5) is 14.2. The number of amides is 1. The predicted octanol–water partition coefficient (Wildman–Crippen LogP) is 1.45. The average Bonchev–Trinajstić information content (AvgIpc) is 2.92. The Morgan fingerprint density at radius 2 is 2.00 bits per heavy atom. The summed E-state index contributed by atoms with van der Waals surface area (Å²) in [6, 6.07) is 4.98. The third kappa shape index (κ3) is 2.01. The van der Waals surface area contributed by atoms with E-state index in [-0.39, 0.29) is 11.7 Å². The Morgan fingerprint density at radius 3 is 2.61 bits per heavy atom. The molecule has 2 fully saturated rings. The third-order valence-corrected chi connectivity index (χ3v) is 4.54. The number of phenols is 1. The van der Waals surface area contributed by atoms with Gasteiger partial charge in [0.15, 0.2) is 0 Å².